The van der Waals surface area contributed by atoms with Crippen molar-refractivity contribution in [3.05, 3.63) is 22.4 Å². The molecule has 2 nitrogen and oxygen atoms in total. The Bertz CT molecular complexity index is 389. The molecular formula is C16H28N2S. The van der Waals surface area contributed by atoms with Crippen molar-refractivity contribution in [1.29, 1.82) is 0 Å². The monoisotopic (exact) mass is 280 g/mol. The summed E-state index contributed by atoms with van der Waals surface area (Å²) in [5.74, 6) is 0. The van der Waals surface area contributed by atoms with Crippen LogP contribution in [0.1, 0.15) is 40.2 Å². The summed E-state index contributed by atoms with van der Waals surface area (Å²) in [4.78, 5) is 2.66. The molecule has 0 radical (unpaired) electrons. The van der Waals surface area contributed by atoms with E-state index in [0.29, 0.717) is 11.5 Å². The molecule has 0 aliphatic carbocycles. The maximum atomic E-state index is 3.73. The number of hydrogen-bond donors (Lipinski definition) is 1. The molecule has 108 valence electrons. The molecule has 1 unspecified atom stereocenters. The Morgan fingerprint density at radius 3 is 2.74 bits per heavy atom. The van der Waals surface area contributed by atoms with Crippen LogP contribution in [-0.4, -0.2) is 36.1 Å². The lowest BCUT2D eigenvalue weighted by Gasteiger charge is -2.49. The van der Waals surface area contributed by atoms with Crippen LogP contribution >= 0.6 is 11.3 Å². The molecule has 1 aromatic heterocycles. The van der Waals surface area contributed by atoms with Gasteiger partial charge in [0.2, 0.25) is 0 Å². The zero-order valence-electron chi connectivity index (χ0n) is 13.0. The molecule has 0 spiro atoms. The predicted molar refractivity (Wildman–Crippen MR) is 84.9 cm³/mol. The summed E-state index contributed by atoms with van der Waals surface area (Å²) in [7, 11) is 0. The molecule has 1 N–H and O–H groups in total. The van der Waals surface area contributed by atoms with Crippen molar-refractivity contribution in [3.8, 4) is 0 Å². The van der Waals surface area contributed by atoms with Crippen LogP contribution in [0.15, 0.2) is 16.8 Å². The van der Waals surface area contributed by atoms with Gasteiger partial charge in [-0.3, -0.25) is 4.90 Å². The van der Waals surface area contributed by atoms with Gasteiger partial charge in [0.15, 0.2) is 0 Å². The highest BCUT2D eigenvalue weighted by molar-refractivity contribution is 7.07. The molecule has 2 heterocycles. The van der Waals surface area contributed by atoms with Crippen molar-refractivity contribution in [2.24, 2.45) is 5.41 Å². The molecule has 1 aliphatic heterocycles. The number of rotatable bonds is 3. The van der Waals surface area contributed by atoms with Crippen LogP contribution in [0.25, 0.3) is 0 Å². The van der Waals surface area contributed by atoms with Crippen LogP contribution in [0.5, 0.6) is 0 Å². The lowest BCUT2D eigenvalue weighted by Crippen LogP contribution is -2.65. The molecule has 0 amide bonds. The van der Waals surface area contributed by atoms with Gasteiger partial charge in [0, 0.05) is 31.2 Å². The van der Waals surface area contributed by atoms with Crippen LogP contribution in [0.4, 0.5) is 0 Å². The van der Waals surface area contributed by atoms with Gasteiger partial charge < -0.3 is 5.32 Å². The van der Waals surface area contributed by atoms with Crippen LogP contribution in [0.3, 0.4) is 0 Å². The number of piperazine rings is 1. The van der Waals surface area contributed by atoms with Crippen molar-refractivity contribution in [3.63, 3.8) is 0 Å². The van der Waals surface area contributed by atoms with E-state index in [1.54, 1.807) is 11.3 Å². The van der Waals surface area contributed by atoms with Gasteiger partial charge in [-0.25, -0.2) is 0 Å². The van der Waals surface area contributed by atoms with Gasteiger partial charge in [-0.2, -0.15) is 11.3 Å². The topological polar surface area (TPSA) is 15.3 Å². The summed E-state index contributed by atoms with van der Waals surface area (Å²) in [5.41, 5.74) is 2.07. The number of nitrogens with one attached hydrogen (secondary N) is 1. The minimum atomic E-state index is 0.262. The molecule has 1 fully saturated rings. The fourth-order valence-corrected chi connectivity index (χ4v) is 3.39. The molecule has 1 aliphatic rings. The zero-order valence-corrected chi connectivity index (χ0v) is 13.8. The molecule has 1 saturated heterocycles. The number of nitrogens with zero attached hydrogens (tertiary/aromatic N) is 1. The molecular weight excluding hydrogens is 252 g/mol. The second-order valence-corrected chi connectivity index (χ2v) is 8.22. The Morgan fingerprint density at radius 2 is 2.16 bits per heavy atom. The van der Waals surface area contributed by atoms with Crippen molar-refractivity contribution in [2.45, 2.75) is 52.6 Å². The van der Waals surface area contributed by atoms with E-state index in [1.165, 1.54) is 12.0 Å². The molecule has 0 aromatic carbocycles. The first-order valence-electron chi connectivity index (χ1n) is 7.28. The molecule has 0 saturated carbocycles. The highest BCUT2D eigenvalue weighted by Crippen LogP contribution is 2.27. The molecule has 1 atom stereocenters. The second-order valence-electron chi connectivity index (χ2n) is 7.44. The SMILES string of the molecule is CC(C)(C)C1CN(CCc2ccsc2)C(C)(C)CN1. The third-order valence-corrected chi connectivity index (χ3v) is 5.07. The Hall–Kier alpha value is -0.380. The third-order valence-electron chi connectivity index (χ3n) is 4.34. The van der Waals surface area contributed by atoms with E-state index < -0.39 is 0 Å². The van der Waals surface area contributed by atoms with Gasteiger partial charge in [0.1, 0.15) is 0 Å². The van der Waals surface area contributed by atoms with Crippen LogP contribution in [-0.2, 0) is 6.42 Å². The fraction of sp³-hybridized carbons (Fsp3) is 0.750. The Kier molecular flexibility index (Phi) is 4.38. The van der Waals surface area contributed by atoms with E-state index in [4.69, 9.17) is 0 Å². The van der Waals surface area contributed by atoms with Crippen molar-refractivity contribution in [2.75, 3.05) is 19.6 Å². The number of thiophene rings is 1. The van der Waals surface area contributed by atoms with Gasteiger partial charge in [0.05, 0.1) is 0 Å². The standard InChI is InChI=1S/C16H28N2S/c1-15(2,3)14-10-18(16(4,5)12-17-14)8-6-13-7-9-19-11-13/h7,9,11,14,17H,6,8,10,12H2,1-5H3. The quantitative estimate of drug-likeness (QED) is 0.913. The van der Waals surface area contributed by atoms with E-state index in [0.717, 1.165) is 19.6 Å². The normalized spacial score (nSPS) is 24.6. The summed E-state index contributed by atoms with van der Waals surface area (Å²) in [6, 6.07) is 2.84. The van der Waals surface area contributed by atoms with Crippen LogP contribution in [0, 0.1) is 5.41 Å². The van der Waals surface area contributed by atoms with Gasteiger partial charge in [0.25, 0.3) is 0 Å². The second kappa shape index (κ2) is 5.55. The van der Waals surface area contributed by atoms with Crippen LogP contribution < -0.4 is 5.32 Å². The lowest BCUT2D eigenvalue weighted by atomic mass is 9.82. The fourth-order valence-electron chi connectivity index (χ4n) is 2.69. The minimum Gasteiger partial charge on any atom is -0.310 e. The Balaban J connectivity index is 1.98. The minimum absolute atomic E-state index is 0.262. The van der Waals surface area contributed by atoms with Crippen molar-refractivity contribution in [1.82, 2.24) is 10.2 Å². The first-order valence-corrected chi connectivity index (χ1v) is 8.23. The number of hydrogen-bond acceptors (Lipinski definition) is 3. The summed E-state index contributed by atoms with van der Waals surface area (Å²) in [5, 5.41) is 8.18. The highest BCUT2D eigenvalue weighted by atomic mass is 32.1. The summed E-state index contributed by atoms with van der Waals surface area (Å²) < 4.78 is 0. The van der Waals surface area contributed by atoms with E-state index in [-0.39, 0.29) is 5.54 Å². The average molecular weight is 280 g/mol. The molecule has 1 aromatic rings. The van der Waals surface area contributed by atoms with Gasteiger partial charge in [-0.15, -0.1) is 0 Å². The predicted octanol–water partition coefficient (Wildman–Crippen LogP) is 3.39. The molecule has 0 bridgehead atoms. The van der Waals surface area contributed by atoms with Crippen LogP contribution in [0.2, 0.25) is 0 Å². The van der Waals surface area contributed by atoms with E-state index in [9.17, 15) is 0 Å². The third kappa shape index (κ3) is 3.80. The lowest BCUT2D eigenvalue weighted by molar-refractivity contribution is 0.0370. The smallest absolute Gasteiger partial charge is 0.0278 e. The Labute approximate surface area is 122 Å². The average Bonchev–Trinajstić information content (AvgIpc) is 2.78. The largest absolute Gasteiger partial charge is 0.310 e. The van der Waals surface area contributed by atoms with E-state index in [1.807, 2.05) is 0 Å². The van der Waals surface area contributed by atoms with Crippen molar-refractivity contribution >= 4 is 11.3 Å². The highest BCUT2D eigenvalue weighted by Gasteiger charge is 2.37. The Morgan fingerprint density at radius 1 is 1.42 bits per heavy atom. The van der Waals surface area contributed by atoms with E-state index in [2.05, 4.69) is 61.7 Å². The zero-order chi connectivity index (χ0) is 14.1. The summed E-state index contributed by atoms with van der Waals surface area (Å²) >= 11 is 1.80. The molecule has 2 rings (SSSR count). The summed E-state index contributed by atoms with van der Waals surface area (Å²) in [6.07, 6.45) is 1.17. The summed E-state index contributed by atoms with van der Waals surface area (Å²) in [6.45, 7) is 15.1. The first-order chi connectivity index (χ1) is 8.79. The van der Waals surface area contributed by atoms with E-state index >= 15 is 0 Å². The van der Waals surface area contributed by atoms with Crippen molar-refractivity contribution < 1.29 is 0 Å². The van der Waals surface area contributed by atoms with Gasteiger partial charge in [-0.05, 0) is 48.1 Å². The first kappa shape index (κ1) is 15.0. The molecule has 3 heteroatoms. The van der Waals surface area contributed by atoms with Gasteiger partial charge in [-0.1, -0.05) is 20.8 Å². The molecule has 19 heavy (non-hydrogen) atoms. The maximum absolute atomic E-state index is 3.73. The van der Waals surface area contributed by atoms with Gasteiger partial charge >= 0.3 is 0 Å². The maximum Gasteiger partial charge on any atom is 0.0278 e.